The Hall–Kier alpha value is -2.38. The predicted molar refractivity (Wildman–Crippen MR) is 126 cm³/mol. The van der Waals surface area contributed by atoms with Gasteiger partial charge in [0.15, 0.2) is 0 Å². The molecule has 1 aliphatic carbocycles. The van der Waals surface area contributed by atoms with Gasteiger partial charge in [-0.05, 0) is 31.9 Å². The highest BCUT2D eigenvalue weighted by molar-refractivity contribution is 6.32. The Kier molecular flexibility index (Phi) is 7.48. The van der Waals surface area contributed by atoms with Crippen molar-refractivity contribution in [2.24, 2.45) is 7.05 Å². The van der Waals surface area contributed by atoms with Gasteiger partial charge in [-0.1, -0.05) is 54.1 Å². The Balaban J connectivity index is 1.68. The fourth-order valence-corrected chi connectivity index (χ4v) is 4.02. The summed E-state index contributed by atoms with van der Waals surface area (Å²) in [6.07, 6.45) is 1.71. The summed E-state index contributed by atoms with van der Waals surface area (Å²) in [4.78, 5) is 2.31. The Morgan fingerprint density at radius 3 is 2.56 bits per heavy atom. The van der Waals surface area contributed by atoms with Gasteiger partial charge >= 0.3 is 0 Å². The molecule has 0 saturated heterocycles. The second-order valence-electron chi connectivity index (χ2n) is 8.13. The Labute approximate surface area is 194 Å². The molecule has 7 heteroatoms. The first-order valence-corrected chi connectivity index (χ1v) is 11.5. The van der Waals surface area contributed by atoms with Crippen LogP contribution >= 0.6 is 11.6 Å². The molecule has 0 bridgehead atoms. The van der Waals surface area contributed by atoms with Gasteiger partial charge in [-0.3, -0.25) is 4.90 Å². The average Bonchev–Trinajstić information content (AvgIpc) is 3.60. The summed E-state index contributed by atoms with van der Waals surface area (Å²) in [6, 6.07) is 18.0. The number of aromatic nitrogens is 2. The summed E-state index contributed by atoms with van der Waals surface area (Å²) in [5, 5.41) is 15.9. The zero-order chi connectivity index (χ0) is 22.5. The van der Waals surface area contributed by atoms with E-state index >= 15 is 0 Å². The topological polar surface area (TPSA) is 59.8 Å². The largest absolute Gasteiger partial charge is 0.437 e. The SMILES string of the molecule is CCOC[C@@H](O)CN(Cc1c(-c2ccccc2)nn(C)c1Oc1ccccc1Cl)C1CC1. The van der Waals surface area contributed by atoms with E-state index in [1.807, 2.05) is 56.4 Å². The maximum absolute atomic E-state index is 10.5. The second-order valence-corrected chi connectivity index (χ2v) is 8.54. The third-order valence-corrected chi connectivity index (χ3v) is 5.87. The van der Waals surface area contributed by atoms with Gasteiger partial charge < -0.3 is 14.6 Å². The molecular weight excluding hydrogens is 426 g/mol. The van der Waals surface area contributed by atoms with Crippen LogP contribution in [0.2, 0.25) is 5.02 Å². The first kappa shape index (κ1) is 22.8. The summed E-state index contributed by atoms with van der Waals surface area (Å²) in [5.41, 5.74) is 2.88. The van der Waals surface area contributed by atoms with E-state index in [-0.39, 0.29) is 0 Å². The van der Waals surface area contributed by atoms with Crippen LogP contribution in [0.25, 0.3) is 11.3 Å². The Morgan fingerprint density at radius 2 is 1.88 bits per heavy atom. The minimum Gasteiger partial charge on any atom is -0.437 e. The maximum Gasteiger partial charge on any atom is 0.222 e. The lowest BCUT2D eigenvalue weighted by Crippen LogP contribution is -2.36. The molecule has 0 amide bonds. The minimum atomic E-state index is -0.541. The van der Waals surface area contributed by atoms with Crippen molar-refractivity contribution in [2.45, 2.75) is 38.5 Å². The molecule has 2 aromatic carbocycles. The highest BCUT2D eigenvalue weighted by Gasteiger charge is 2.33. The summed E-state index contributed by atoms with van der Waals surface area (Å²) in [5.74, 6) is 1.24. The molecule has 170 valence electrons. The van der Waals surface area contributed by atoms with Gasteiger partial charge in [-0.15, -0.1) is 0 Å². The zero-order valence-electron chi connectivity index (χ0n) is 18.6. The van der Waals surface area contributed by atoms with Crippen LogP contribution in [0.3, 0.4) is 0 Å². The number of ether oxygens (including phenoxy) is 2. The molecule has 1 atom stereocenters. The monoisotopic (exact) mass is 455 g/mol. The van der Waals surface area contributed by atoms with E-state index in [1.54, 1.807) is 4.68 Å². The Morgan fingerprint density at radius 1 is 1.16 bits per heavy atom. The quantitative estimate of drug-likeness (QED) is 0.446. The van der Waals surface area contributed by atoms with Crippen LogP contribution in [-0.2, 0) is 18.3 Å². The summed E-state index contributed by atoms with van der Waals surface area (Å²) in [6.45, 7) is 4.02. The molecule has 6 nitrogen and oxygen atoms in total. The van der Waals surface area contributed by atoms with Crippen LogP contribution in [-0.4, -0.2) is 51.7 Å². The molecular formula is C25H30ClN3O3. The van der Waals surface area contributed by atoms with Crippen LogP contribution < -0.4 is 4.74 Å². The summed E-state index contributed by atoms with van der Waals surface area (Å²) in [7, 11) is 1.88. The van der Waals surface area contributed by atoms with E-state index in [4.69, 9.17) is 26.2 Å². The predicted octanol–water partition coefficient (Wildman–Crippen LogP) is 4.89. The van der Waals surface area contributed by atoms with Crippen LogP contribution in [0.5, 0.6) is 11.6 Å². The van der Waals surface area contributed by atoms with Gasteiger partial charge in [0.25, 0.3) is 0 Å². The minimum absolute atomic E-state index is 0.335. The number of rotatable bonds is 11. The number of hydrogen-bond acceptors (Lipinski definition) is 5. The summed E-state index contributed by atoms with van der Waals surface area (Å²) >= 11 is 6.37. The molecule has 1 N–H and O–H groups in total. The molecule has 1 heterocycles. The number of nitrogens with zero attached hydrogens (tertiary/aromatic N) is 3. The van der Waals surface area contributed by atoms with Gasteiger partial charge in [0.2, 0.25) is 5.88 Å². The molecule has 0 unspecified atom stereocenters. The molecule has 3 aromatic rings. The number of benzene rings is 2. The van der Waals surface area contributed by atoms with E-state index in [2.05, 4.69) is 17.0 Å². The van der Waals surface area contributed by atoms with Crippen molar-refractivity contribution in [1.29, 1.82) is 0 Å². The van der Waals surface area contributed by atoms with Gasteiger partial charge in [0, 0.05) is 38.3 Å². The molecule has 0 aliphatic heterocycles. The third-order valence-electron chi connectivity index (χ3n) is 5.56. The molecule has 32 heavy (non-hydrogen) atoms. The van der Waals surface area contributed by atoms with E-state index in [0.29, 0.717) is 49.0 Å². The highest BCUT2D eigenvalue weighted by Crippen LogP contribution is 2.38. The number of para-hydroxylation sites is 1. The van der Waals surface area contributed by atoms with E-state index < -0.39 is 6.10 Å². The molecule has 1 saturated carbocycles. The van der Waals surface area contributed by atoms with Crippen LogP contribution in [0.4, 0.5) is 0 Å². The van der Waals surface area contributed by atoms with Crippen LogP contribution in [0.15, 0.2) is 54.6 Å². The summed E-state index contributed by atoms with van der Waals surface area (Å²) < 4.78 is 13.5. The van der Waals surface area contributed by atoms with Crippen molar-refractivity contribution < 1.29 is 14.6 Å². The van der Waals surface area contributed by atoms with Crippen LogP contribution in [0.1, 0.15) is 25.3 Å². The zero-order valence-corrected chi connectivity index (χ0v) is 19.3. The van der Waals surface area contributed by atoms with Crippen molar-refractivity contribution in [1.82, 2.24) is 14.7 Å². The number of aliphatic hydroxyl groups is 1. The third kappa shape index (κ3) is 5.51. The maximum atomic E-state index is 10.5. The van der Waals surface area contributed by atoms with Crippen molar-refractivity contribution in [2.75, 3.05) is 19.8 Å². The standard InChI is InChI=1S/C25H30ClN3O3/c1-3-31-17-20(30)15-29(19-13-14-19)16-21-24(18-9-5-4-6-10-18)27-28(2)25(21)32-23-12-8-7-11-22(23)26/h4-12,19-20,30H,3,13-17H2,1-2H3/t20-/m0/s1. The molecule has 4 rings (SSSR count). The molecule has 0 radical (unpaired) electrons. The van der Waals surface area contributed by atoms with Crippen molar-refractivity contribution in [3.8, 4) is 22.9 Å². The Bertz CT molecular complexity index is 1020. The molecule has 1 aromatic heterocycles. The lowest BCUT2D eigenvalue weighted by atomic mass is 10.1. The van der Waals surface area contributed by atoms with Crippen LogP contribution in [0, 0.1) is 0 Å². The number of aliphatic hydroxyl groups excluding tert-OH is 1. The van der Waals surface area contributed by atoms with Gasteiger partial charge in [-0.25, -0.2) is 4.68 Å². The fourth-order valence-electron chi connectivity index (χ4n) is 3.84. The van der Waals surface area contributed by atoms with Gasteiger partial charge in [-0.2, -0.15) is 5.10 Å². The smallest absolute Gasteiger partial charge is 0.222 e. The van der Waals surface area contributed by atoms with E-state index in [9.17, 15) is 5.11 Å². The lowest BCUT2D eigenvalue weighted by molar-refractivity contribution is 0.0178. The molecule has 1 aliphatic rings. The number of aryl methyl sites for hydroxylation is 1. The van der Waals surface area contributed by atoms with E-state index in [1.165, 1.54) is 0 Å². The van der Waals surface area contributed by atoms with Crippen molar-refractivity contribution >= 4 is 11.6 Å². The lowest BCUT2D eigenvalue weighted by Gasteiger charge is -2.25. The second kappa shape index (κ2) is 10.5. The first-order chi connectivity index (χ1) is 15.6. The first-order valence-electron chi connectivity index (χ1n) is 11.1. The number of hydrogen-bond donors (Lipinski definition) is 1. The van der Waals surface area contributed by atoms with Crippen molar-refractivity contribution in [3.05, 3.63) is 65.2 Å². The number of halogens is 1. The molecule has 0 spiro atoms. The van der Waals surface area contributed by atoms with Crippen molar-refractivity contribution in [3.63, 3.8) is 0 Å². The van der Waals surface area contributed by atoms with Gasteiger partial charge in [0.1, 0.15) is 11.4 Å². The normalized spacial score (nSPS) is 14.7. The van der Waals surface area contributed by atoms with E-state index in [0.717, 1.165) is 29.7 Å². The van der Waals surface area contributed by atoms with Gasteiger partial charge in [0.05, 0.1) is 23.3 Å². The molecule has 1 fully saturated rings. The highest BCUT2D eigenvalue weighted by atomic mass is 35.5. The average molecular weight is 456 g/mol. The fraction of sp³-hybridized carbons (Fsp3) is 0.400.